The van der Waals surface area contributed by atoms with E-state index in [2.05, 4.69) is 23.1 Å². The number of para-hydroxylation sites is 1. The summed E-state index contributed by atoms with van der Waals surface area (Å²) in [5.41, 5.74) is 6.60. The van der Waals surface area contributed by atoms with Crippen LogP contribution in [-0.4, -0.2) is 30.5 Å². The Morgan fingerprint density at radius 3 is 2.58 bits per heavy atom. The molecular weight excluding hydrogens is 494 g/mol. The van der Waals surface area contributed by atoms with E-state index in [9.17, 15) is 4.79 Å². The standard InChI is InChI=1S/C30H23N5O2S/c1-18-8-10-20(11-9-18)28-31-30-35(33-28)29(36)26(38-30)16-23-17-34(24-6-4-3-5-7-24)32-27(23)21-12-13-25-22(15-21)14-19(2)37-25/h3-13,15-17,19H,14H2,1-2H3/b26-16-. The van der Waals surface area contributed by atoms with Crippen molar-refractivity contribution in [2.24, 2.45) is 0 Å². The van der Waals surface area contributed by atoms with Gasteiger partial charge in [-0.2, -0.15) is 14.6 Å². The molecule has 1 atom stereocenters. The third-order valence-electron chi connectivity index (χ3n) is 6.71. The Kier molecular flexibility index (Phi) is 5.23. The second-order valence-electron chi connectivity index (χ2n) is 9.58. The lowest BCUT2D eigenvalue weighted by Crippen LogP contribution is -2.23. The van der Waals surface area contributed by atoms with E-state index in [0.717, 1.165) is 45.8 Å². The number of aromatic nitrogens is 5. The molecule has 38 heavy (non-hydrogen) atoms. The van der Waals surface area contributed by atoms with E-state index in [0.29, 0.717) is 15.3 Å². The molecule has 0 aliphatic carbocycles. The molecule has 3 aromatic heterocycles. The third-order valence-corrected chi connectivity index (χ3v) is 7.67. The van der Waals surface area contributed by atoms with E-state index < -0.39 is 0 Å². The molecule has 0 radical (unpaired) electrons. The predicted molar refractivity (Wildman–Crippen MR) is 149 cm³/mol. The molecule has 0 fully saturated rings. The minimum Gasteiger partial charge on any atom is -0.490 e. The molecule has 0 saturated heterocycles. The lowest BCUT2D eigenvalue weighted by atomic mass is 10.0. The Bertz CT molecular complexity index is 1920. The van der Waals surface area contributed by atoms with Crippen LogP contribution in [-0.2, 0) is 6.42 Å². The van der Waals surface area contributed by atoms with Gasteiger partial charge >= 0.3 is 0 Å². The number of benzene rings is 3. The molecule has 7 nitrogen and oxygen atoms in total. The maximum Gasteiger partial charge on any atom is 0.291 e. The Hall–Kier alpha value is -4.56. The zero-order valence-electron chi connectivity index (χ0n) is 20.8. The fraction of sp³-hybridized carbons (Fsp3) is 0.133. The molecule has 186 valence electrons. The van der Waals surface area contributed by atoms with Gasteiger partial charge in [-0.05, 0) is 55.8 Å². The van der Waals surface area contributed by atoms with Crippen LogP contribution in [0.3, 0.4) is 0 Å². The Morgan fingerprint density at radius 1 is 1.00 bits per heavy atom. The van der Waals surface area contributed by atoms with E-state index in [4.69, 9.17) is 9.84 Å². The van der Waals surface area contributed by atoms with Crippen LogP contribution in [0.5, 0.6) is 5.75 Å². The fourth-order valence-electron chi connectivity index (χ4n) is 4.80. The number of nitrogens with zero attached hydrogens (tertiary/aromatic N) is 5. The number of hydrogen-bond donors (Lipinski definition) is 0. The van der Waals surface area contributed by atoms with Crippen LogP contribution in [0.4, 0.5) is 0 Å². The van der Waals surface area contributed by atoms with Crippen molar-refractivity contribution in [3.8, 4) is 34.1 Å². The highest BCUT2D eigenvalue weighted by Crippen LogP contribution is 2.34. The van der Waals surface area contributed by atoms with Gasteiger partial charge in [0.05, 0.1) is 10.2 Å². The largest absolute Gasteiger partial charge is 0.490 e. The highest BCUT2D eigenvalue weighted by atomic mass is 32.1. The zero-order chi connectivity index (χ0) is 25.8. The maximum absolute atomic E-state index is 13.3. The number of aryl methyl sites for hydroxylation is 1. The van der Waals surface area contributed by atoms with Gasteiger partial charge in [0, 0.05) is 29.3 Å². The molecule has 1 unspecified atom stereocenters. The van der Waals surface area contributed by atoms with Crippen molar-refractivity contribution in [1.29, 1.82) is 0 Å². The van der Waals surface area contributed by atoms with Crippen molar-refractivity contribution in [2.75, 3.05) is 0 Å². The average molecular weight is 518 g/mol. The third kappa shape index (κ3) is 3.90. The van der Waals surface area contributed by atoms with Crippen LogP contribution in [0.1, 0.15) is 23.6 Å². The Labute approximate surface area is 222 Å². The molecule has 6 aromatic rings. The van der Waals surface area contributed by atoms with Crippen molar-refractivity contribution in [2.45, 2.75) is 26.4 Å². The van der Waals surface area contributed by atoms with Gasteiger partial charge < -0.3 is 4.74 Å². The van der Waals surface area contributed by atoms with E-state index in [-0.39, 0.29) is 11.7 Å². The first-order valence-corrected chi connectivity index (χ1v) is 13.3. The van der Waals surface area contributed by atoms with Gasteiger partial charge in [0.15, 0.2) is 5.82 Å². The van der Waals surface area contributed by atoms with Crippen molar-refractivity contribution < 1.29 is 4.74 Å². The van der Waals surface area contributed by atoms with Crippen molar-refractivity contribution in [3.05, 3.63) is 111 Å². The molecule has 1 aliphatic heterocycles. The second kappa shape index (κ2) is 8.78. The minimum absolute atomic E-state index is 0.163. The van der Waals surface area contributed by atoms with Crippen molar-refractivity contribution in [1.82, 2.24) is 24.4 Å². The highest BCUT2D eigenvalue weighted by molar-refractivity contribution is 7.15. The summed E-state index contributed by atoms with van der Waals surface area (Å²) in [4.78, 5) is 18.5. The number of fused-ring (bicyclic) bond motifs is 2. The lowest BCUT2D eigenvalue weighted by Gasteiger charge is -2.04. The molecule has 3 aromatic carbocycles. The SMILES string of the molecule is Cc1ccc(-c2nc3s/c(=C\c4cn(-c5ccccc5)nc4-c4ccc5c(c4)CC(C)O5)c(=O)n3n2)cc1. The van der Waals surface area contributed by atoms with Crippen LogP contribution in [0.2, 0.25) is 0 Å². The first kappa shape index (κ1) is 22.6. The molecular formula is C30H23N5O2S. The minimum atomic E-state index is -0.189. The monoisotopic (exact) mass is 517 g/mol. The van der Waals surface area contributed by atoms with Gasteiger partial charge in [0.1, 0.15) is 17.5 Å². The van der Waals surface area contributed by atoms with Crippen molar-refractivity contribution >= 4 is 22.4 Å². The summed E-state index contributed by atoms with van der Waals surface area (Å²) in [7, 11) is 0. The Balaban J connectivity index is 1.35. The summed E-state index contributed by atoms with van der Waals surface area (Å²) in [6.45, 7) is 4.11. The first-order valence-electron chi connectivity index (χ1n) is 12.5. The summed E-state index contributed by atoms with van der Waals surface area (Å²) < 4.78 is 9.70. The number of rotatable bonds is 4. The number of hydrogen-bond acceptors (Lipinski definition) is 6. The summed E-state index contributed by atoms with van der Waals surface area (Å²) in [6, 6.07) is 24.1. The van der Waals surface area contributed by atoms with Gasteiger partial charge in [0.2, 0.25) is 4.96 Å². The van der Waals surface area contributed by atoms with E-state index in [1.807, 2.05) is 90.6 Å². The van der Waals surface area contributed by atoms with E-state index >= 15 is 0 Å². The van der Waals surface area contributed by atoms with Crippen LogP contribution >= 0.6 is 11.3 Å². The fourth-order valence-corrected chi connectivity index (χ4v) is 5.70. The quantitative estimate of drug-likeness (QED) is 0.334. The van der Waals surface area contributed by atoms with Crippen LogP contribution in [0.15, 0.2) is 83.8 Å². The van der Waals surface area contributed by atoms with Gasteiger partial charge in [0.25, 0.3) is 5.56 Å². The summed E-state index contributed by atoms with van der Waals surface area (Å²) in [5, 5.41) is 9.44. The second-order valence-corrected chi connectivity index (χ2v) is 10.6. The molecule has 7 rings (SSSR count). The molecule has 0 spiro atoms. The van der Waals surface area contributed by atoms with Gasteiger partial charge in [-0.25, -0.2) is 4.68 Å². The summed E-state index contributed by atoms with van der Waals surface area (Å²) >= 11 is 1.33. The van der Waals surface area contributed by atoms with Crippen LogP contribution in [0, 0.1) is 6.92 Å². The predicted octanol–water partition coefficient (Wildman–Crippen LogP) is 4.85. The van der Waals surface area contributed by atoms with E-state index in [1.165, 1.54) is 21.4 Å². The van der Waals surface area contributed by atoms with Crippen LogP contribution < -0.4 is 14.8 Å². The molecule has 0 N–H and O–H groups in total. The average Bonchev–Trinajstić information content (AvgIpc) is 3.69. The topological polar surface area (TPSA) is 74.3 Å². The van der Waals surface area contributed by atoms with Gasteiger partial charge in [-0.15, -0.1) is 5.10 Å². The molecule has 0 saturated carbocycles. The first-order chi connectivity index (χ1) is 18.5. The molecule has 0 bridgehead atoms. The molecule has 1 aliphatic rings. The smallest absolute Gasteiger partial charge is 0.291 e. The summed E-state index contributed by atoms with van der Waals surface area (Å²) in [6.07, 6.45) is 4.88. The number of ether oxygens (including phenoxy) is 1. The van der Waals surface area contributed by atoms with E-state index in [1.54, 1.807) is 0 Å². The maximum atomic E-state index is 13.3. The summed E-state index contributed by atoms with van der Waals surface area (Å²) in [5.74, 6) is 1.47. The molecule has 0 amide bonds. The van der Waals surface area contributed by atoms with Gasteiger partial charge in [-0.3, -0.25) is 4.79 Å². The molecule has 4 heterocycles. The Morgan fingerprint density at radius 2 is 1.79 bits per heavy atom. The van der Waals surface area contributed by atoms with Gasteiger partial charge in [-0.1, -0.05) is 59.4 Å². The zero-order valence-corrected chi connectivity index (χ0v) is 21.6. The van der Waals surface area contributed by atoms with Crippen LogP contribution in [0.25, 0.3) is 39.4 Å². The highest BCUT2D eigenvalue weighted by Gasteiger charge is 2.21. The molecule has 8 heteroatoms. The normalized spacial score (nSPS) is 15.2. The van der Waals surface area contributed by atoms with Crippen molar-refractivity contribution in [3.63, 3.8) is 0 Å². The lowest BCUT2D eigenvalue weighted by molar-refractivity contribution is 0.254. The number of thiazole rings is 1.